The molecule has 0 aliphatic heterocycles. The molecule has 0 heterocycles. The number of carbonyl (C=O) groups excluding carboxylic acids is 1. The second-order valence-corrected chi connectivity index (χ2v) is 4.92. The highest BCUT2D eigenvalue weighted by atomic mass is 19.1. The van der Waals surface area contributed by atoms with Gasteiger partial charge in [0, 0.05) is 18.5 Å². The topological polar surface area (TPSA) is 20.3 Å². The Morgan fingerprint density at radius 3 is 2.71 bits per heavy atom. The molecule has 1 fully saturated rings. The van der Waals surface area contributed by atoms with E-state index < -0.39 is 5.82 Å². The molecular weight excluding hydrogens is 217 g/mol. The monoisotopic (exact) mass is 235 g/mol. The number of carbonyl (C=O) groups is 1. The maximum absolute atomic E-state index is 13.5. The van der Waals surface area contributed by atoms with Gasteiger partial charge in [0.2, 0.25) is 0 Å². The molecule has 1 aromatic rings. The van der Waals surface area contributed by atoms with E-state index in [1.165, 1.54) is 18.9 Å². The molecule has 2 nitrogen and oxygen atoms in total. The molecule has 0 N–H and O–H groups in total. The van der Waals surface area contributed by atoms with Crippen LogP contribution >= 0.6 is 0 Å². The van der Waals surface area contributed by atoms with Crippen LogP contribution < -0.4 is 0 Å². The first-order chi connectivity index (χ1) is 8.09. The van der Waals surface area contributed by atoms with Gasteiger partial charge in [-0.3, -0.25) is 4.79 Å². The molecule has 2 rings (SSSR count). The van der Waals surface area contributed by atoms with E-state index in [1.807, 2.05) is 14.0 Å². The van der Waals surface area contributed by atoms with Crippen LogP contribution in [0.25, 0.3) is 0 Å². The van der Waals surface area contributed by atoms with Crippen molar-refractivity contribution in [3.05, 3.63) is 35.6 Å². The van der Waals surface area contributed by atoms with Crippen molar-refractivity contribution < 1.29 is 9.18 Å². The van der Waals surface area contributed by atoms with E-state index in [0.717, 1.165) is 0 Å². The molecule has 0 radical (unpaired) electrons. The van der Waals surface area contributed by atoms with E-state index in [-0.39, 0.29) is 17.3 Å². The average molecular weight is 235 g/mol. The third-order valence-electron chi connectivity index (χ3n) is 3.32. The molecule has 1 aliphatic carbocycles. The molecule has 0 bridgehead atoms. The van der Waals surface area contributed by atoms with Gasteiger partial charge in [0.15, 0.2) is 5.78 Å². The Morgan fingerprint density at radius 1 is 1.47 bits per heavy atom. The van der Waals surface area contributed by atoms with Gasteiger partial charge in [0.25, 0.3) is 0 Å². The zero-order valence-electron chi connectivity index (χ0n) is 10.3. The van der Waals surface area contributed by atoms with Gasteiger partial charge in [-0.2, -0.15) is 0 Å². The van der Waals surface area contributed by atoms with E-state index in [9.17, 15) is 9.18 Å². The first-order valence-corrected chi connectivity index (χ1v) is 6.08. The molecule has 1 unspecified atom stereocenters. The maximum Gasteiger partial charge on any atom is 0.169 e. The lowest BCUT2D eigenvalue weighted by atomic mass is 9.98. The van der Waals surface area contributed by atoms with Crippen LogP contribution in [0.5, 0.6) is 0 Å². The Morgan fingerprint density at radius 2 is 2.12 bits per heavy atom. The van der Waals surface area contributed by atoms with Gasteiger partial charge < -0.3 is 4.90 Å². The predicted octanol–water partition coefficient (Wildman–Crippen LogP) is 2.74. The Balaban J connectivity index is 2.01. The number of hydrogen-bond acceptors (Lipinski definition) is 2. The van der Waals surface area contributed by atoms with Crippen LogP contribution in [0.1, 0.15) is 30.1 Å². The number of nitrogens with zero attached hydrogens (tertiary/aromatic N) is 1. The third kappa shape index (κ3) is 2.91. The van der Waals surface area contributed by atoms with Gasteiger partial charge in [-0.25, -0.2) is 4.39 Å². The van der Waals surface area contributed by atoms with Crippen molar-refractivity contribution in [3.8, 4) is 0 Å². The highest BCUT2D eigenvalue weighted by Gasteiger charge is 2.29. The number of hydrogen-bond donors (Lipinski definition) is 0. The fourth-order valence-corrected chi connectivity index (χ4v) is 2.11. The molecular formula is C14H18FNO. The molecule has 17 heavy (non-hydrogen) atoms. The molecule has 1 aliphatic rings. The van der Waals surface area contributed by atoms with Crippen molar-refractivity contribution in [1.29, 1.82) is 0 Å². The zero-order valence-corrected chi connectivity index (χ0v) is 10.3. The summed E-state index contributed by atoms with van der Waals surface area (Å²) in [7, 11) is 2.03. The van der Waals surface area contributed by atoms with Gasteiger partial charge in [-0.05, 0) is 32.0 Å². The highest BCUT2D eigenvalue weighted by Crippen LogP contribution is 2.26. The summed E-state index contributed by atoms with van der Waals surface area (Å²) in [6, 6.07) is 6.84. The van der Waals surface area contributed by atoms with Crippen LogP contribution in [0.2, 0.25) is 0 Å². The van der Waals surface area contributed by atoms with Crippen molar-refractivity contribution >= 4 is 5.78 Å². The predicted molar refractivity (Wildman–Crippen MR) is 65.5 cm³/mol. The van der Waals surface area contributed by atoms with Crippen LogP contribution in [-0.4, -0.2) is 30.3 Å². The van der Waals surface area contributed by atoms with Crippen molar-refractivity contribution in [2.75, 3.05) is 13.6 Å². The third-order valence-corrected chi connectivity index (χ3v) is 3.32. The lowest BCUT2D eigenvalue weighted by Crippen LogP contribution is -2.30. The summed E-state index contributed by atoms with van der Waals surface area (Å²) < 4.78 is 13.5. The largest absolute Gasteiger partial charge is 0.303 e. The van der Waals surface area contributed by atoms with Gasteiger partial charge in [-0.15, -0.1) is 0 Å². The smallest absolute Gasteiger partial charge is 0.169 e. The van der Waals surface area contributed by atoms with Gasteiger partial charge in [0.05, 0.1) is 5.56 Å². The first kappa shape index (κ1) is 12.2. The highest BCUT2D eigenvalue weighted by molar-refractivity contribution is 5.98. The Labute approximate surface area is 101 Å². The fourth-order valence-electron chi connectivity index (χ4n) is 2.11. The maximum atomic E-state index is 13.5. The first-order valence-electron chi connectivity index (χ1n) is 6.08. The molecule has 0 saturated heterocycles. The van der Waals surface area contributed by atoms with E-state index in [4.69, 9.17) is 0 Å². The molecule has 1 atom stereocenters. The van der Waals surface area contributed by atoms with Crippen LogP contribution in [0.4, 0.5) is 4.39 Å². The molecule has 3 heteroatoms. The van der Waals surface area contributed by atoms with Crippen molar-refractivity contribution in [1.82, 2.24) is 4.90 Å². The second kappa shape index (κ2) is 4.96. The molecule has 1 aromatic carbocycles. The molecule has 1 saturated carbocycles. The summed E-state index contributed by atoms with van der Waals surface area (Å²) in [6.45, 7) is 2.57. The van der Waals surface area contributed by atoms with E-state index >= 15 is 0 Å². The molecule has 92 valence electrons. The van der Waals surface area contributed by atoms with Crippen LogP contribution in [-0.2, 0) is 0 Å². The summed E-state index contributed by atoms with van der Waals surface area (Å²) in [5, 5.41) is 0. The fraction of sp³-hybridized carbons (Fsp3) is 0.500. The Hall–Kier alpha value is -1.22. The molecule has 0 aromatic heterocycles. The zero-order chi connectivity index (χ0) is 12.4. The van der Waals surface area contributed by atoms with Crippen molar-refractivity contribution in [2.24, 2.45) is 5.92 Å². The standard InChI is InChI=1S/C14H18FNO/c1-10(9-16(2)11-7-8-11)14(17)12-5-3-4-6-13(12)15/h3-6,10-11H,7-9H2,1-2H3. The van der Waals surface area contributed by atoms with Crippen molar-refractivity contribution in [3.63, 3.8) is 0 Å². The van der Waals surface area contributed by atoms with Gasteiger partial charge >= 0.3 is 0 Å². The summed E-state index contributed by atoms with van der Waals surface area (Å²) in [5.41, 5.74) is 0.212. The van der Waals surface area contributed by atoms with Gasteiger partial charge in [-0.1, -0.05) is 19.1 Å². The van der Waals surface area contributed by atoms with Crippen LogP contribution in [0.15, 0.2) is 24.3 Å². The average Bonchev–Trinajstić information content (AvgIpc) is 3.12. The number of rotatable bonds is 5. The number of Topliss-reactive ketones (excluding diaryl/α,β-unsaturated/α-hetero) is 1. The normalized spacial score (nSPS) is 17.2. The SMILES string of the molecule is CC(CN(C)C1CC1)C(=O)c1ccccc1F. The van der Waals surface area contributed by atoms with Gasteiger partial charge in [0.1, 0.15) is 5.82 Å². The lowest BCUT2D eigenvalue weighted by molar-refractivity contribution is 0.0897. The van der Waals surface area contributed by atoms with Crippen LogP contribution in [0.3, 0.4) is 0 Å². The quantitative estimate of drug-likeness (QED) is 0.731. The Kier molecular flexibility index (Phi) is 3.57. The van der Waals surface area contributed by atoms with E-state index in [2.05, 4.69) is 4.90 Å². The molecule has 0 spiro atoms. The minimum atomic E-state index is -0.418. The lowest BCUT2D eigenvalue weighted by Gasteiger charge is -2.20. The Bertz CT molecular complexity index is 414. The number of benzene rings is 1. The van der Waals surface area contributed by atoms with E-state index in [0.29, 0.717) is 12.6 Å². The minimum Gasteiger partial charge on any atom is -0.303 e. The number of ketones is 1. The van der Waals surface area contributed by atoms with Crippen LogP contribution in [0, 0.1) is 11.7 Å². The van der Waals surface area contributed by atoms with Crippen molar-refractivity contribution in [2.45, 2.75) is 25.8 Å². The number of halogens is 1. The summed E-state index contributed by atoms with van der Waals surface area (Å²) >= 11 is 0. The second-order valence-electron chi connectivity index (χ2n) is 4.92. The molecule has 0 amide bonds. The summed E-state index contributed by atoms with van der Waals surface area (Å²) in [4.78, 5) is 14.3. The minimum absolute atomic E-state index is 0.101. The van der Waals surface area contributed by atoms with E-state index in [1.54, 1.807) is 18.2 Å². The summed E-state index contributed by atoms with van der Waals surface area (Å²) in [5.74, 6) is -0.675. The summed E-state index contributed by atoms with van der Waals surface area (Å²) in [6.07, 6.45) is 2.44.